The van der Waals surface area contributed by atoms with Gasteiger partial charge in [-0.1, -0.05) is 0 Å². The molecule has 0 N–H and O–H groups in total. The van der Waals surface area contributed by atoms with Crippen LogP contribution in [0.3, 0.4) is 0 Å². The summed E-state index contributed by atoms with van der Waals surface area (Å²) in [6, 6.07) is 0. The van der Waals surface area contributed by atoms with Crippen LogP contribution in [0.2, 0.25) is 0 Å². The van der Waals surface area contributed by atoms with Crippen LogP contribution in [-0.4, -0.2) is 56.6 Å². The lowest BCUT2D eigenvalue weighted by atomic mass is 9.94. The number of methoxy groups -OCH3 is 2. The van der Waals surface area contributed by atoms with Gasteiger partial charge in [-0.05, 0) is 13.8 Å². The number of esters is 1. The molecule has 0 radical (unpaired) electrons. The molecule has 0 aliphatic heterocycles. The lowest BCUT2D eigenvalue weighted by Crippen LogP contribution is -2.44. The summed E-state index contributed by atoms with van der Waals surface area (Å²) in [5.74, 6) is -0.194. The number of hydrogen-bond donors (Lipinski definition) is 0. The maximum atomic E-state index is 12.2. The number of alkyl halides is 1. The molecule has 0 aromatic heterocycles. The molecular formula is C12H22ClNO4. The van der Waals surface area contributed by atoms with Gasteiger partial charge in [0.2, 0.25) is 5.91 Å². The van der Waals surface area contributed by atoms with Gasteiger partial charge < -0.3 is 14.4 Å². The summed E-state index contributed by atoms with van der Waals surface area (Å²) in [7, 11) is 2.89. The van der Waals surface area contributed by atoms with Gasteiger partial charge in [-0.15, -0.1) is 11.6 Å². The monoisotopic (exact) mass is 279 g/mol. The minimum Gasteiger partial charge on any atom is -0.469 e. The number of amides is 1. The maximum Gasteiger partial charge on any atom is 0.307 e. The molecule has 0 aromatic rings. The van der Waals surface area contributed by atoms with Gasteiger partial charge in [0.15, 0.2) is 0 Å². The number of nitrogens with zero attached hydrogens (tertiary/aromatic N) is 1. The molecule has 18 heavy (non-hydrogen) atoms. The molecule has 5 nitrogen and oxygen atoms in total. The molecule has 0 aromatic carbocycles. The molecule has 0 aliphatic rings. The van der Waals surface area contributed by atoms with Crippen LogP contribution in [0, 0.1) is 5.41 Å². The van der Waals surface area contributed by atoms with Gasteiger partial charge in [-0.3, -0.25) is 9.59 Å². The molecule has 0 saturated carbocycles. The molecule has 0 heterocycles. The number of carbonyl (C=O) groups excluding carboxylic acids is 2. The summed E-state index contributed by atoms with van der Waals surface area (Å²) in [5.41, 5.74) is -0.647. The molecule has 1 amide bonds. The van der Waals surface area contributed by atoms with Crippen LogP contribution in [0.25, 0.3) is 0 Å². The Kier molecular flexibility index (Phi) is 7.95. The Morgan fingerprint density at radius 1 is 1.22 bits per heavy atom. The lowest BCUT2D eigenvalue weighted by Gasteiger charge is -2.30. The quantitative estimate of drug-likeness (QED) is 0.496. The van der Waals surface area contributed by atoms with Crippen molar-refractivity contribution in [2.24, 2.45) is 5.41 Å². The standard InChI is InChI=1S/C12H22ClNO4/c1-12(2,9-13)11(16)14(7-8-17-3)6-5-10(15)18-4/h5-9H2,1-4H3. The van der Waals surface area contributed by atoms with Crippen LogP contribution < -0.4 is 0 Å². The molecule has 0 spiro atoms. The van der Waals surface area contributed by atoms with Crippen LogP contribution in [0.15, 0.2) is 0 Å². The second-order valence-electron chi connectivity index (χ2n) is 4.63. The fourth-order valence-electron chi connectivity index (χ4n) is 1.33. The highest BCUT2D eigenvalue weighted by Gasteiger charge is 2.31. The lowest BCUT2D eigenvalue weighted by molar-refractivity contribution is -0.144. The van der Waals surface area contributed by atoms with Crippen molar-refractivity contribution in [3.8, 4) is 0 Å². The van der Waals surface area contributed by atoms with Crippen LogP contribution >= 0.6 is 11.6 Å². The molecule has 106 valence electrons. The third-order valence-electron chi connectivity index (χ3n) is 2.58. The van der Waals surface area contributed by atoms with Crippen molar-refractivity contribution in [2.75, 3.05) is 39.8 Å². The Hall–Kier alpha value is -0.810. The molecule has 0 fully saturated rings. The molecular weight excluding hydrogens is 258 g/mol. The Labute approximate surface area is 113 Å². The van der Waals surface area contributed by atoms with Gasteiger partial charge in [0.25, 0.3) is 0 Å². The summed E-state index contributed by atoms with van der Waals surface area (Å²) < 4.78 is 9.52. The van der Waals surface area contributed by atoms with E-state index < -0.39 is 5.41 Å². The van der Waals surface area contributed by atoms with E-state index in [2.05, 4.69) is 4.74 Å². The topological polar surface area (TPSA) is 55.8 Å². The van der Waals surface area contributed by atoms with Crippen molar-refractivity contribution in [1.29, 1.82) is 0 Å². The van der Waals surface area contributed by atoms with Gasteiger partial charge in [-0.25, -0.2) is 0 Å². The smallest absolute Gasteiger partial charge is 0.307 e. The predicted octanol–water partition coefficient (Wildman–Crippen LogP) is 1.29. The van der Waals surface area contributed by atoms with Crippen molar-refractivity contribution in [2.45, 2.75) is 20.3 Å². The average molecular weight is 280 g/mol. The number of ether oxygens (including phenoxy) is 2. The van der Waals surface area contributed by atoms with Crippen molar-refractivity contribution in [3.05, 3.63) is 0 Å². The second-order valence-corrected chi connectivity index (χ2v) is 4.90. The summed E-state index contributed by atoms with van der Waals surface area (Å²) in [5, 5.41) is 0. The molecule has 0 saturated heterocycles. The first kappa shape index (κ1) is 17.2. The van der Waals surface area contributed by atoms with E-state index in [1.165, 1.54) is 7.11 Å². The van der Waals surface area contributed by atoms with Gasteiger partial charge in [-0.2, -0.15) is 0 Å². The summed E-state index contributed by atoms with van der Waals surface area (Å²) in [6.07, 6.45) is 0.171. The predicted molar refractivity (Wildman–Crippen MR) is 69.6 cm³/mol. The zero-order chi connectivity index (χ0) is 14.2. The first-order valence-corrected chi connectivity index (χ1v) is 6.33. The van der Waals surface area contributed by atoms with Crippen LogP contribution in [0.1, 0.15) is 20.3 Å². The SMILES string of the molecule is COCCN(CCC(=O)OC)C(=O)C(C)(C)CCl. The highest BCUT2D eigenvalue weighted by atomic mass is 35.5. The highest BCUT2D eigenvalue weighted by Crippen LogP contribution is 2.20. The van der Waals surface area contributed by atoms with E-state index in [-0.39, 0.29) is 24.2 Å². The summed E-state index contributed by atoms with van der Waals surface area (Å²) in [6.45, 7) is 4.73. The average Bonchev–Trinajstić information content (AvgIpc) is 2.37. The van der Waals surface area contributed by atoms with E-state index in [0.717, 1.165) is 0 Å². The Balaban J connectivity index is 4.56. The number of carbonyl (C=O) groups is 2. The number of rotatable bonds is 8. The Morgan fingerprint density at radius 3 is 2.28 bits per heavy atom. The van der Waals surface area contributed by atoms with Gasteiger partial charge >= 0.3 is 5.97 Å². The van der Waals surface area contributed by atoms with E-state index in [1.807, 2.05) is 0 Å². The fourth-order valence-corrected chi connectivity index (χ4v) is 1.44. The summed E-state index contributed by atoms with van der Waals surface area (Å²) >= 11 is 5.79. The minimum absolute atomic E-state index is 0.0848. The Bertz CT molecular complexity index is 281. The third kappa shape index (κ3) is 5.69. The fraction of sp³-hybridized carbons (Fsp3) is 0.833. The largest absolute Gasteiger partial charge is 0.469 e. The van der Waals surface area contributed by atoms with Crippen molar-refractivity contribution >= 4 is 23.5 Å². The van der Waals surface area contributed by atoms with E-state index in [4.69, 9.17) is 16.3 Å². The molecule has 0 aliphatic carbocycles. The number of hydrogen-bond acceptors (Lipinski definition) is 4. The maximum absolute atomic E-state index is 12.2. The van der Waals surface area contributed by atoms with E-state index in [9.17, 15) is 9.59 Å². The zero-order valence-corrected chi connectivity index (χ0v) is 12.2. The van der Waals surface area contributed by atoms with E-state index >= 15 is 0 Å². The van der Waals surface area contributed by atoms with Crippen LogP contribution in [0.5, 0.6) is 0 Å². The summed E-state index contributed by atoms with van der Waals surface area (Å²) in [4.78, 5) is 24.9. The van der Waals surface area contributed by atoms with Crippen molar-refractivity contribution in [3.63, 3.8) is 0 Å². The highest BCUT2D eigenvalue weighted by molar-refractivity contribution is 6.19. The zero-order valence-electron chi connectivity index (χ0n) is 11.5. The van der Waals surface area contributed by atoms with Crippen molar-refractivity contribution in [1.82, 2.24) is 4.90 Å². The van der Waals surface area contributed by atoms with E-state index in [1.54, 1.807) is 25.9 Å². The molecule has 0 rings (SSSR count). The second kappa shape index (κ2) is 8.32. The van der Waals surface area contributed by atoms with Crippen molar-refractivity contribution < 1.29 is 19.1 Å². The van der Waals surface area contributed by atoms with Gasteiger partial charge in [0.1, 0.15) is 0 Å². The van der Waals surface area contributed by atoms with Gasteiger partial charge in [0.05, 0.1) is 25.6 Å². The first-order chi connectivity index (χ1) is 8.38. The normalized spacial score (nSPS) is 11.2. The third-order valence-corrected chi connectivity index (χ3v) is 3.25. The molecule has 0 bridgehead atoms. The molecule has 0 unspecified atom stereocenters. The van der Waals surface area contributed by atoms with Crippen LogP contribution in [-0.2, 0) is 19.1 Å². The molecule has 0 atom stereocenters. The first-order valence-electron chi connectivity index (χ1n) is 5.80. The minimum atomic E-state index is -0.647. The number of halogens is 1. The van der Waals surface area contributed by atoms with Gasteiger partial charge in [0, 0.05) is 26.1 Å². The molecule has 6 heteroatoms. The van der Waals surface area contributed by atoms with E-state index in [0.29, 0.717) is 19.7 Å². The van der Waals surface area contributed by atoms with Crippen LogP contribution in [0.4, 0.5) is 0 Å². The Morgan fingerprint density at radius 2 is 1.83 bits per heavy atom.